The smallest absolute Gasteiger partial charge is 0.255 e. The molecule has 0 unspecified atom stereocenters. The monoisotopic (exact) mass is 283 g/mol. The van der Waals surface area contributed by atoms with Crippen LogP contribution >= 0.6 is 0 Å². The summed E-state index contributed by atoms with van der Waals surface area (Å²) in [6, 6.07) is 15.1. The molecular weight excluding hydrogens is 262 g/mol. The Bertz CT molecular complexity index is 605. The van der Waals surface area contributed by atoms with Gasteiger partial charge in [0.05, 0.1) is 7.11 Å². The molecule has 2 aromatic carbocycles. The van der Waals surface area contributed by atoms with Crippen LogP contribution in [0.25, 0.3) is 0 Å². The topological polar surface area (TPSA) is 38.3 Å². The first kappa shape index (κ1) is 15.1. The molecule has 1 N–H and O–H groups in total. The van der Waals surface area contributed by atoms with Gasteiger partial charge < -0.3 is 10.1 Å². The van der Waals surface area contributed by atoms with E-state index in [-0.39, 0.29) is 5.91 Å². The summed E-state index contributed by atoms with van der Waals surface area (Å²) in [4.78, 5) is 12.2. The number of carbonyl (C=O) groups is 1. The van der Waals surface area contributed by atoms with Gasteiger partial charge in [0.1, 0.15) is 5.75 Å². The molecular formula is C18H21NO2. The molecule has 0 saturated carbocycles. The molecule has 1 atom stereocenters. The number of amides is 1. The summed E-state index contributed by atoms with van der Waals surface area (Å²) in [6.07, 6.45) is 1.11. The predicted octanol–water partition coefficient (Wildman–Crippen LogP) is 4.46. The molecule has 0 heterocycles. The van der Waals surface area contributed by atoms with E-state index in [2.05, 4.69) is 31.3 Å². The van der Waals surface area contributed by atoms with Crippen LogP contribution in [-0.4, -0.2) is 13.0 Å². The minimum atomic E-state index is -0.134. The van der Waals surface area contributed by atoms with Crippen molar-refractivity contribution in [2.45, 2.75) is 26.2 Å². The van der Waals surface area contributed by atoms with Crippen molar-refractivity contribution >= 4 is 11.6 Å². The van der Waals surface area contributed by atoms with E-state index in [0.29, 0.717) is 17.2 Å². The predicted molar refractivity (Wildman–Crippen MR) is 86.1 cm³/mol. The van der Waals surface area contributed by atoms with E-state index in [9.17, 15) is 4.79 Å². The van der Waals surface area contributed by atoms with E-state index in [1.54, 1.807) is 25.3 Å². The Labute approximate surface area is 126 Å². The van der Waals surface area contributed by atoms with Gasteiger partial charge in [-0.3, -0.25) is 4.79 Å². The van der Waals surface area contributed by atoms with Crippen LogP contribution in [0.5, 0.6) is 5.75 Å². The second-order valence-corrected chi connectivity index (χ2v) is 5.12. The minimum absolute atomic E-state index is 0.134. The number of rotatable bonds is 5. The second kappa shape index (κ2) is 6.93. The number of benzene rings is 2. The van der Waals surface area contributed by atoms with Gasteiger partial charge in [-0.05, 0) is 48.2 Å². The van der Waals surface area contributed by atoms with Crippen molar-refractivity contribution in [1.82, 2.24) is 0 Å². The summed E-state index contributed by atoms with van der Waals surface area (Å²) >= 11 is 0. The summed E-state index contributed by atoms with van der Waals surface area (Å²) in [7, 11) is 1.59. The highest BCUT2D eigenvalue weighted by Gasteiger charge is 2.08. The van der Waals surface area contributed by atoms with Crippen molar-refractivity contribution in [3.05, 3.63) is 59.7 Å². The fourth-order valence-corrected chi connectivity index (χ4v) is 2.10. The molecule has 1 amide bonds. The average molecular weight is 283 g/mol. The van der Waals surface area contributed by atoms with Crippen LogP contribution in [0.1, 0.15) is 42.1 Å². The highest BCUT2D eigenvalue weighted by molar-refractivity contribution is 6.04. The fraction of sp³-hybridized carbons (Fsp3) is 0.278. The maximum absolute atomic E-state index is 12.2. The molecule has 21 heavy (non-hydrogen) atoms. The summed E-state index contributed by atoms with van der Waals surface area (Å²) in [5.74, 6) is 1.08. The average Bonchev–Trinajstić information content (AvgIpc) is 2.54. The van der Waals surface area contributed by atoms with Crippen molar-refractivity contribution in [3.8, 4) is 5.75 Å². The van der Waals surface area contributed by atoms with Gasteiger partial charge in [0, 0.05) is 11.3 Å². The summed E-state index contributed by atoms with van der Waals surface area (Å²) in [5.41, 5.74) is 2.67. The van der Waals surface area contributed by atoms with Crippen LogP contribution in [0.4, 0.5) is 5.69 Å². The van der Waals surface area contributed by atoms with Gasteiger partial charge in [0.15, 0.2) is 0 Å². The van der Waals surface area contributed by atoms with E-state index in [1.807, 2.05) is 18.2 Å². The van der Waals surface area contributed by atoms with Crippen LogP contribution in [0.2, 0.25) is 0 Å². The zero-order valence-corrected chi connectivity index (χ0v) is 12.7. The lowest BCUT2D eigenvalue weighted by Crippen LogP contribution is -2.11. The van der Waals surface area contributed by atoms with E-state index in [1.165, 1.54) is 5.56 Å². The van der Waals surface area contributed by atoms with Gasteiger partial charge in [0.25, 0.3) is 5.91 Å². The molecule has 2 aromatic rings. The van der Waals surface area contributed by atoms with Gasteiger partial charge >= 0.3 is 0 Å². The Kier molecular flexibility index (Phi) is 4.99. The van der Waals surface area contributed by atoms with Gasteiger partial charge in [-0.1, -0.05) is 32.0 Å². The van der Waals surface area contributed by atoms with Crippen LogP contribution in [0, 0.1) is 0 Å². The molecule has 0 bridgehead atoms. The first-order chi connectivity index (χ1) is 10.1. The number of hydrogen-bond donors (Lipinski definition) is 1. The molecule has 0 fully saturated rings. The Morgan fingerprint density at radius 2 is 1.90 bits per heavy atom. The standard InChI is InChI=1S/C18H21NO2/c1-4-13(2)14-8-10-16(11-9-14)19-18(20)15-6-5-7-17(12-15)21-3/h5-13H,4H2,1-3H3,(H,19,20)/t13-/m0/s1. The van der Waals surface area contributed by atoms with Crippen LogP contribution < -0.4 is 10.1 Å². The van der Waals surface area contributed by atoms with E-state index in [4.69, 9.17) is 4.74 Å². The fourth-order valence-electron chi connectivity index (χ4n) is 2.10. The highest BCUT2D eigenvalue weighted by Crippen LogP contribution is 2.21. The summed E-state index contributed by atoms with van der Waals surface area (Å²) in [5, 5.41) is 2.90. The quantitative estimate of drug-likeness (QED) is 0.879. The van der Waals surface area contributed by atoms with Gasteiger partial charge in [-0.15, -0.1) is 0 Å². The van der Waals surface area contributed by atoms with Crippen molar-refractivity contribution in [1.29, 1.82) is 0 Å². The Balaban J connectivity index is 2.08. The van der Waals surface area contributed by atoms with E-state index < -0.39 is 0 Å². The third kappa shape index (κ3) is 3.85. The van der Waals surface area contributed by atoms with E-state index >= 15 is 0 Å². The normalized spacial score (nSPS) is 11.8. The zero-order chi connectivity index (χ0) is 15.2. The third-order valence-electron chi connectivity index (χ3n) is 3.68. The first-order valence-corrected chi connectivity index (χ1v) is 7.19. The minimum Gasteiger partial charge on any atom is -0.497 e. The number of hydrogen-bond acceptors (Lipinski definition) is 2. The summed E-state index contributed by atoms with van der Waals surface area (Å²) < 4.78 is 5.13. The lowest BCUT2D eigenvalue weighted by atomic mass is 9.98. The molecule has 0 saturated heterocycles. The van der Waals surface area contributed by atoms with Crippen molar-refractivity contribution in [3.63, 3.8) is 0 Å². The number of ether oxygens (including phenoxy) is 1. The molecule has 2 rings (SSSR count). The van der Waals surface area contributed by atoms with Gasteiger partial charge in [-0.25, -0.2) is 0 Å². The number of nitrogens with one attached hydrogen (secondary N) is 1. The number of methoxy groups -OCH3 is 1. The highest BCUT2D eigenvalue weighted by atomic mass is 16.5. The second-order valence-electron chi connectivity index (χ2n) is 5.12. The lowest BCUT2D eigenvalue weighted by molar-refractivity contribution is 0.102. The molecule has 3 nitrogen and oxygen atoms in total. The van der Waals surface area contributed by atoms with Gasteiger partial charge in [-0.2, -0.15) is 0 Å². The van der Waals surface area contributed by atoms with Crippen molar-refractivity contribution in [2.24, 2.45) is 0 Å². The Morgan fingerprint density at radius 3 is 2.52 bits per heavy atom. The van der Waals surface area contributed by atoms with Crippen molar-refractivity contribution in [2.75, 3.05) is 12.4 Å². The van der Waals surface area contributed by atoms with E-state index in [0.717, 1.165) is 12.1 Å². The third-order valence-corrected chi connectivity index (χ3v) is 3.68. The SMILES string of the molecule is CC[C@H](C)c1ccc(NC(=O)c2cccc(OC)c2)cc1. The van der Waals surface area contributed by atoms with Crippen LogP contribution in [0.15, 0.2) is 48.5 Å². The van der Waals surface area contributed by atoms with Gasteiger partial charge in [0.2, 0.25) is 0 Å². The zero-order valence-electron chi connectivity index (χ0n) is 12.7. The molecule has 0 aliphatic carbocycles. The molecule has 3 heteroatoms. The number of anilines is 1. The first-order valence-electron chi connectivity index (χ1n) is 7.19. The number of carbonyl (C=O) groups excluding carboxylic acids is 1. The van der Waals surface area contributed by atoms with Crippen LogP contribution in [0.3, 0.4) is 0 Å². The molecule has 0 radical (unpaired) electrons. The van der Waals surface area contributed by atoms with Crippen molar-refractivity contribution < 1.29 is 9.53 Å². The molecule has 0 aliphatic rings. The largest absolute Gasteiger partial charge is 0.497 e. The Hall–Kier alpha value is -2.29. The van der Waals surface area contributed by atoms with Crippen LogP contribution in [-0.2, 0) is 0 Å². The molecule has 0 aliphatic heterocycles. The maximum atomic E-state index is 12.2. The maximum Gasteiger partial charge on any atom is 0.255 e. The molecule has 110 valence electrons. The molecule has 0 aromatic heterocycles. The summed E-state index contributed by atoms with van der Waals surface area (Å²) in [6.45, 7) is 4.37. The molecule has 0 spiro atoms. The Morgan fingerprint density at radius 1 is 1.19 bits per heavy atom. The lowest BCUT2D eigenvalue weighted by Gasteiger charge is -2.11.